The molecule has 0 spiro atoms. The lowest BCUT2D eigenvalue weighted by Gasteiger charge is -1.98. The van der Waals surface area contributed by atoms with Crippen LogP contribution < -0.4 is 0 Å². The summed E-state index contributed by atoms with van der Waals surface area (Å²) in [4.78, 5) is 8.32. The van der Waals surface area contributed by atoms with E-state index in [0.717, 1.165) is 5.69 Å². The minimum Gasteiger partial charge on any atom is -0.264 e. The molecule has 0 saturated heterocycles. The number of pyridine rings is 2. The van der Waals surface area contributed by atoms with Gasteiger partial charge in [0.1, 0.15) is 0 Å². The predicted molar refractivity (Wildman–Crippen MR) is 142 cm³/mol. The fraction of sp³-hybridized carbons (Fsp3) is 0.0968. The van der Waals surface area contributed by atoms with Crippen LogP contribution in [-0.2, 0) is 0 Å². The number of aryl methyl sites for hydroxylation is 3. The van der Waals surface area contributed by atoms with Gasteiger partial charge in [-0.15, -0.1) is 0 Å². The Labute approximate surface area is 195 Å². The summed E-state index contributed by atoms with van der Waals surface area (Å²) in [5.74, 6) is 0. The van der Waals surface area contributed by atoms with Gasteiger partial charge in [0.15, 0.2) is 0 Å². The Morgan fingerprint density at radius 1 is 0.455 bits per heavy atom. The van der Waals surface area contributed by atoms with Crippen molar-refractivity contribution in [3.63, 3.8) is 0 Å². The predicted octanol–water partition coefficient (Wildman–Crippen LogP) is 8.23. The van der Waals surface area contributed by atoms with Gasteiger partial charge >= 0.3 is 0 Å². The summed E-state index contributed by atoms with van der Waals surface area (Å²) in [6.07, 6.45) is 5.63. The molecule has 0 bridgehead atoms. The number of rotatable bonds is 0. The van der Waals surface area contributed by atoms with Crippen LogP contribution in [0.15, 0.2) is 116 Å². The van der Waals surface area contributed by atoms with E-state index in [9.17, 15) is 0 Å². The number of aromatic nitrogens is 2. The fourth-order valence-electron chi connectivity index (χ4n) is 3.93. The van der Waals surface area contributed by atoms with E-state index in [1.165, 1.54) is 43.4 Å². The van der Waals surface area contributed by atoms with E-state index in [4.69, 9.17) is 0 Å². The maximum Gasteiger partial charge on any atom is 0.0450 e. The van der Waals surface area contributed by atoms with Gasteiger partial charge in [-0.2, -0.15) is 0 Å². The molecule has 0 radical (unpaired) electrons. The maximum absolute atomic E-state index is 4.21. The number of hydrogen-bond donors (Lipinski definition) is 0. The van der Waals surface area contributed by atoms with Crippen molar-refractivity contribution in [3.05, 3.63) is 132 Å². The van der Waals surface area contributed by atoms with Crippen molar-refractivity contribution in [3.8, 4) is 0 Å². The lowest BCUT2D eigenvalue weighted by Crippen LogP contribution is -1.80. The van der Waals surface area contributed by atoms with E-state index in [0.29, 0.717) is 0 Å². The van der Waals surface area contributed by atoms with E-state index >= 15 is 0 Å². The summed E-state index contributed by atoms with van der Waals surface area (Å²) in [6, 6.07) is 33.4. The normalized spacial score (nSPS) is 10.3. The molecule has 0 saturated carbocycles. The van der Waals surface area contributed by atoms with Crippen LogP contribution in [0.2, 0.25) is 0 Å². The molecule has 0 fully saturated rings. The molecule has 0 aliphatic rings. The van der Waals surface area contributed by atoms with E-state index < -0.39 is 0 Å². The molecule has 0 aliphatic carbocycles. The Bertz CT molecular complexity index is 1300. The molecule has 0 unspecified atom stereocenters. The van der Waals surface area contributed by atoms with Crippen LogP contribution in [0, 0.1) is 20.8 Å². The highest BCUT2D eigenvalue weighted by molar-refractivity contribution is 5.86. The zero-order valence-electron chi connectivity index (χ0n) is 19.4. The third kappa shape index (κ3) is 5.42. The monoisotopic (exact) mass is 428 g/mol. The summed E-state index contributed by atoms with van der Waals surface area (Å²) in [5.41, 5.74) is 3.69. The van der Waals surface area contributed by atoms with Crippen molar-refractivity contribution in [2.24, 2.45) is 0 Å². The second kappa shape index (κ2) is 10.5. The summed E-state index contributed by atoms with van der Waals surface area (Å²) in [5, 5.41) is 7.70. The number of hydrogen-bond acceptors (Lipinski definition) is 2. The smallest absolute Gasteiger partial charge is 0.0450 e. The van der Waals surface area contributed by atoms with E-state index in [2.05, 4.69) is 96.6 Å². The Morgan fingerprint density at radius 2 is 1.00 bits per heavy atom. The van der Waals surface area contributed by atoms with Crippen molar-refractivity contribution < 1.29 is 0 Å². The molecule has 2 heteroatoms. The van der Waals surface area contributed by atoms with Crippen molar-refractivity contribution in [2.45, 2.75) is 20.8 Å². The lowest BCUT2D eigenvalue weighted by atomic mass is 10.1. The Morgan fingerprint density at radius 3 is 1.64 bits per heavy atom. The SMILES string of the molecule is Cc1cccc2ccccc12.Cc1cncc2ccccc12.Cc1nccc2ccccc12. The Balaban J connectivity index is 0.000000118. The minimum atomic E-state index is 1.10. The van der Waals surface area contributed by atoms with Gasteiger partial charge in [-0.25, -0.2) is 0 Å². The molecule has 2 aromatic heterocycles. The minimum absolute atomic E-state index is 1.10. The molecule has 2 heterocycles. The van der Waals surface area contributed by atoms with E-state index in [1.807, 2.05) is 49.8 Å². The Kier molecular flexibility index (Phi) is 7.06. The molecule has 4 aromatic carbocycles. The number of fused-ring (bicyclic) bond motifs is 3. The summed E-state index contributed by atoms with van der Waals surface area (Å²) in [6.45, 7) is 6.25. The summed E-state index contributed by atoms with van der Waals surface area (Å²) in [7, 11) is 0. The third-order valence-corrected chi connectivity index (χ3v) is 5.75. The quantitative estimate of drug-likeness (QED) is 0.243. The van der Waals surface area contributed by atoms with E-state index in [1.54, 1.807) is 0 Å². The first-order valence-electron chi connectivity index (χ1n) is 11.2. The van der Waals surface area contributed by atoms with Crippen LogP contribution in [0.4, 0.5) is 0 Å². The summed E-state index contributed by atoms with van der Waals surface area (Å²) >= 11 is 0. The zero-order chi connectivity index (χ0) is 23.0. The molecule has 2 nitrogen and oxygen atoms in total. The van der Waals surface area contributed by atoms with Gasteiger partial charge in [0, 0.05) is 35.1 Å². The molecule has 0 aliphatic heterocycles. The van der Waals surface area contributed by atoms with Crippen LogP contribution in [0.5, 0.6) is 0 Å². The fourth-order valence-corrected chi connectivity index (χ4v) is 3.93. The first-order chi connectivity index (χ1) is 16.1. The van der Waals surface area contributed by atoms with Gasteiger partial charge in [0.25, 0.3) is 0 Å². The lowest BCUT2D eigenvalue weighted by molar-refractivity contribution is 1.24. The third-order valence-electron chi connectivity index (χ3n) is 5.75. The molecule has 162 valence electrons. The van der Waals surface area contributed by atoms with Crippen molar-refractivity contribution in [2.75, 3.05) is 0 Å². The topological polar surface area (TPSA) is 25.8 Å². The first-order valence-corrected chi connectivity index (χ1v) is 11.2. The number of benzene rings is 4. The van der Waals surface area contributed by atoms with Gasteiger partial charge in [-0.1, -0.05) is 91.0 Å². The van der Waals surface area contributed by atoms with Gasteiger partial charge in [0.05, 0.1) is 0 Å². The number of nitrogens with zero attached hydrogens (tertiary/aromatic N) is 2. The van der Waals surface area contributed by atoms with Crippen molar-refractivity contribution in [1.82, 2.24) is 9.97 Å². The largest absolute Gasteiger partial charge is 0.264 e. The highest BCUT2D eigenvalue weighted by Crippen LogP contribution is 2.17. The standard InChI is InChI=1S/C11H10.2C10H9N/c1-9-5-4-7-10-6-2-3-8-11(9)10;1-8-6-11-7-9-4-2-3-5-10(8)9;1-8-10-5-3-2-4-9(10)6-7-11-8/h2-8H,1H3;2*2-7H,1H3. The molecule has 6 aromatic rings. The second-order valence-corrected chi connectivity index (χ2v) is 8.09. The van der Waals surface area contributed by atoms with E-state index in [-0.39, 0.29) is 0 Å². The first kappa shape index (κ1) is 22.2. The van der Waals surface area contributed by atoms with Gasteiger partial charge < -0.3 is 0 Å². The molecular weight excluding hydrogens is 400 g/mol. The molecule has 6 rings (SSSR count). The zero-order valence-corrected chi connectivity index (χ0v) is 19.4. The molecule has 0 amide bonds. The second-order valence-electron chi connectivity index (χ2n) is 8.09. The average molecular weight is 429 g/mol. The molecule has 33 heavy (non-hydrogen) atoms. The summed E-state index contributed by atoms with van der Waals surface area (Å²) < 4.78 is 0. The maximum atomic E-state index is 4.21. The van der Waals surface area contributed by atoms with Crippen molar-refractivity contribution in [1.29, 1.82) is 0 Å². The highest BCUT2D eigenvalue weighted by Gasteiger charge is 1.94. The van der Waals surface area contributed by atoms with Gasteiger partial charge in [-0.05, 0) is 59.5 Å². The van der Waals surface area contributed by atoms with Gasteiger partial charge in [0.2, 0.25) is 0 Å². The Hall–Kier alpha value is -4.04. The van der Waals surface area contributed by atoms with Gasteiger partial charge in [-0.3, -0.25) is 9.97 Å². The van der Waals surface area contributed by atoms with Crippen molar-refractivity contribution >= 4 is 32.3 Å². The molecule has 0 atom stereocenters. The highest BCUT2D eigenvalue weighted by atomic mass is 14.7. The molecular formula is C31H28N2. The van der Waals surface area contributed by atoms with Crippen LogP contribution in [0.3, 0.4) is 0 Å². The van der Waals surface area contributed by atoms with Crippen LogP contribution in [-0.4, -0.2) is 9.97 Å². The average Bonchev–Trinajstić information content (AvgIpc) is 2.86. The van der Waals surface area contributed by atoms with Crippen LogP contribution in [0.25, 0.3) is 32.3 Å². The molecule has 0 N–H and O–H groups in total. The van der Waals surface area contributed by atoms with Crippen LogP contribution in [0.1, 0.15) is 16.8 Å². The van der Waals surface area contributed by atoms with Crippen LogP contribution >= 0.6 is 0 Å².